The van der Waals surface area contributed by atoms with Crippen LogP contribution in [0.3, 0.4) is 0 Å². The lowest BCUT2D eigenvalue weighted by Crippen LogP contribution is -2.20. The maximum atomic E-state index is 9.38. The lowest BCUT2D eigenvalue weighted by molar-refractivity contribution is 0.0954. The number of halogens is 1. The highest BCUT2D eigenvalue weighted by atomic mass is 35.5. The molecule has 4 nitrogen and oxygen atoms in total. The van der Waals surface area contributed by atoms with Gasteiger partial charge in [0.15, 0.2) is 0 Å². The third-order valence-corrected chi connectivity index (χ3v) is 3.24. The van der Waals surface area contributed by atoms with Crippen LogP contribution in [0.15, 0.2) is 18.3 Å². The molecule has 1 aliphatic rings. The summed E-state index contributed by atoms with van der Waals surface area (Å²) in [5.74, 6) is 0. The lowest BCUT2D eigenvalue weighted by Gasteiger charge is -2.15. The van der Waals surface area contributed by atoms with Crippen molar-refractivity contribution in [1.82, 2.24) is 10.3 Å². The maximum Gasteiger partial charge on any atom is 0.0845 e. The van der Waals surface area contributed by atoms with Crippen LogP contribution in [0.2, 0.25) is 5.02 Å². The summed E-state index contributed by atoms with van der Waals surface area (Å²) in [7, 11) is 0. The Kier molecular flexibility index (Phi) is 7.77. The molecule has 0 radical (unpaired) electrons. The largest absolute Gasteiger partial charge is 0.394 e. The zero-order valence-electron chi connectivity index (χ0n) is 12.1. The Balaban J connectivity index is 0.000000956. The van der Waals surface area contributed by atoms with E-state index < -0.39 is 6.10 Å². The number of hydrogen-bond donors (Lipinski definition) is 3. The van der Waals surface area contributed by atoms with E-state index in [0.29, 0.717) is 11.4 Å². The van der Waals surface area contributed by atoms with E-state index in [9.17, 15) is 5.11 Å². The number of hydrogen-bond acceptors (Lipinski definition) is 4. The molecule has 0 saturated carbocycles. The number of pyridine rings is 1. The normalized spacial score (nSPS) is 15.9. The first-order chi connectivity index (χ1) is 9.70. The summed E-state index contributed by atoms with van der Waals surface area (Å²) < 4.78 is 0. The van der Waals surface area contributed by atoms with Gasteiger partial charge >= 0.3 is 0 Å². The van der Waals surface area contributed by atoms with Gasteiger partial charge in [-0.3, -0.25) is 4.98 Å². The van der Waals surface area contributed by atoms with Crippen LogP contribution in [-0.4, -0.2) is 41.0 Å². The van der Waals surface area contributed by atoms with Crippen LogP contribution in [0.4, 0.5) is 0 Å². The van der Waals surface area contributed by atoms with Gasteiger partial charge in [0.1, 0.15) is 0 Å². The Morgan fingerprint density at radius 1 is 1.45 bits per heavy atom. The van der Waals surface area contributed by atoms with Gasteiger partial charge in [0.25, 0.3) is 0 Å². The monoisotopic (exact) mass is 298 g/mol. The van der Waals surface area contributed by atoms with Crippen molar-refractivity contribution < 1.29 is 10.2 Å². The number of aromatic nitrogens is 1. The molecule has 2 rings (SSSR count). The second kappa shape index (κ2) is 9.08. The van der Waals surface area contributed by atoms with Crippen molar-refractivity contribution in [2.45, 2.75) is 32.8 Å². The number of aliphatic hydroxyl groups excluding tert-OH is 2. The van der Waals surface area contributed by atoms with Gasteiger partial charge in [0.05, 0.1) is 23.4 Å². The van der Waals surface area contributed by atoms with Crippen molar-refractivity contribution in [3.63, 3.8) is 0 Å². The van der Waals surface area contributed by atoms with Crippen molar-refractivity contribution in [1.29, 1.82) is 0 Å². The van der Waals surface area contributed by atoms with E-state index in [4.69, 9.17) is 16.7 Å². The van der Waals surface area contributed by atoms with E-state index in [-0.39, 0.29) is 6.61 Å². The lowest BCUT2D eigenvalue weighted by atomic mass is 10.0. The van der Waals surface area contributed by atoms with Crippen LogP contribution in [0.5, 0.6) is 0 Å². The van der Waals surface area contributed by atoms with Crippen LogP contribution >= 0.6 is 11.6 Å². The molecule has 5 heteroatoms. The predicted octanol–water partition coefficient (Wildman–Crippen LogP) is 2.03. The zero-order valence-corrected chi connectivity index (χ0v) is 12.8. The summed E-state index contributed by atoms with van der Waals surface area (Å²) in [6, 6.07) is 1.81. The van der Waals surface area contributed by atoms with Crippen LogP contribution < -0.4 is 5.32 Å². The first-order valence-electron chi connectivity index (χ1n) is 7.04. The molecular formula is C15H23ClN2O2. The molecule has 0 amide bonds. The quantitative estimate of drug-likeness (QED) is 0.796. The summed E-state index contributed by atoms with van der Waals surface area (Å²) in [4.78, 5) is 4.37. The topological polar surface area (TPSA) is 65.4 Å². The fourth-order valence-corrected chi connectivity index (χ4v) is 2.31. The van der Waals surface area contributed by atoms with E-state index in [1.54, 1.807) is 6.20 Å². The van der Waals surface area contributed by atoms with Crippen molar-refractivity contribution in [2.75, 3.05) is 19.7 Å². The van der Waals surface area contributed by atoms with E-state index in [2.05, 4.69) is 16.4 Å². The maximum absolute atomic E-state index is 9.38. The molecule has 0 aromatic carbocycles. The highest BCUT2D eigenvalue weighted by Crippen LogP contribution is 2.26. The molecular weight excluding hydrogens is 276 g/mol. The third kappa shape index (κ3) is 4.87. The molecule has 0 bridgehead atoms. The average molecular weight is 299 g/mol. The van der Waals surface area contributed by atoms with Crippen LogP contribution in [0, 0.1) is 0 Å². The van der Waals surface area contributed by atoms with Crippen LogP contribution in [0.1, 0.15) is 31.5 Å². The molecule has 112 valence electrons. The minimum absolute atomic E-state index is 0.254. The van der Waals surface area contributed by atoms with Gasteiger partial charge in [-0.1, -0.05) is 31.5 Å². The number of nitrogens with zero attached hydrogens (tertiary/aromatic N) is 1. The first kappa shape index (κ1) is 17.1. The van der Waals surface area contributed by atoms with E-state index in [0.717, 1.165) is 36.3 Å². The van der Waals surface area contributed by atoms with Crippen molar-refractivity contribution in [3.8, 4) is 0 Å². The minimum atomic E-state index is -0.758. The van der Waals surface area contributed by atoms with Crippen LogP contribution in [0.25, 0.3) is 5.57 Å². The Labute approximate surface area is 125 Å². The Morgan fingerprint density at radius 3 is 2.75 bits per heavy atom. The third-order valence-electron chi connectivity index (χ3n) is 2.95. The molecule has 2 heterocycles. The summed E-state index contributed by atoms with van der Waals surface area (Å²) in [5, 5.41) is 22.0. The van der Waals surface area contributed by atoms with Gasteiger partial charge in [0, 0.05) is 19.2 Å². The van der Waals surface area contributed by atoms with Crippen LogP contribution in [-0.2, 0) is 6.42 Å². The van der Waals surface area contributed by atoms with E-state index in [1.165, 1.54) is 0 Å². The zero-order chi connectivity index (χ0) is 15.0. The van der Waals surface area contributed by atoms with Crippen molar-refractivity contribution in [2.24, 2.45) is 0 Å². The van der Waals surface area contributed by atoms with Gasteiger partial charge in [-0.15, -0.1) is 0 Å². The molecule has 0 spiro atoms. The van der Waals surface area contributed by atoms with Crippen molar-refractivity contribution in [3.05, 3.63) is 34.6 Å². The molecule has 0 unspecified atom stereocenters. The summed E-state index contributed by atoms with van der Waals surface area (Å²) in [5.41, 5.74) is 2.81. The van der Waals surface area contributed by atoms with Gasteiger partial charge in [-0.25, -0.2) is 0 Å². The Morgan fingerprint density at radius 2 is 2.20 bits per heavy atom. The highest BCUT2D eigenvalue weighted by molar-refractivity contribution is 6.32. The standard InChI is InChI=1S/C13H17ClN2O2.C2H6/c14-12-6-9(5-11(18)8-17)7-16-13(12)10-1-3-15-4-2-10;1-2/h1,6-7,11,15,17-18H,2-5,8H2;1-2H3/t11-;/m1./s1. The second-order valence-corrected chi connectivity index (χ2v) is 4.81. The molecule has 0 fully saturated rings. The van der Waals surface area contributed by atoms with Gasteiger partial charge in [0.2, 0.25) is 0 Å². The van der Waals surface area contributed by atoms with E-state index in [1.807, 2.05) is 19.9 Å². The summed E-state index contributed by atoms with van der Waals surface area (Å²) in [6.07, 6.45) is 4.34. The number of rotatable bonds is 4. The van der Waals surface area contributed by atoms with Gasteiger partial charge in [-0.05, 0) is 30.2 Å². The number of aliphatic hydroxyl groups is 2. The Bertz CT molecular complexity index is 449. The fourth-order valence-electron chi connectivity index (χ4n) is 2.00. The minimum Gasteiger partial charge on any atom is -0.394 e. The molecule has 1 aromatic heterocycles. The molecule has 3 N–H and O–H groups in total. The molecule has 0 saturated heterocycles. The van der Waals surface area contributed by atoms with Crippen molar-refractivity contribution >= 4 is 17.2 Å². The SMILES string of the molecule is CC.OC[C@H](O)Cc1cnc(C2=CCNCC2)c(Cl)c1. The van der Waals surface area contributed by atoms with E-state index >= 15 is 0 Å². The van der Waals surface area contributed by atoms with Gasteiger partial charge < -0.3 is 15.5 Å². The summed E-state index contributed by atoms with van der Waals surface area (Å²) in [6.45, 7) is 5.53. The molecule has 1 atom stereocenters. The molecule has 0 aliphatic carbocycles. The number of nitrogens with one attached hydrogen (secondary N) is 1. The smallest absolute Gasteiger partial charge is 0.0845 e. The fraction of sp³-hybridized carbons (Fsp3) is 0.533. The summed E-state index contributed by atoms with van der Waals surface area (Å²) >= 11 is 6.22. The second-order valence-electron chi connectivity index (χ2n) is 4.40. The predicted molar refractivity (Wildman–Crippen MR) is 82.9 cm³/mol. The first-order valence-corrected chi connectivity index (χ1v) is 7.42. The average Bonchev–Trinajstić information content (AvgIpc) is 2.50. The highest BCUT2D eigenvalue weighted by Gasteiger charge is 2.12. The Hall–Kier alpha value is -0.940. The van der Waals surface area contributed by atoms with Gasteiger partial charge in [-0.2, -0.15) is 0 Å². The molecule has 20 heavy (non-hydrogen) atoms. The molecule has 1 aromatic rings. The molecule has 1 aliphatic heterocycles.